The summed E-state index contributed by atoms with van der Waals surface area (Å²) in [6.07, 6.45) is 5.36. The van der Waals surface area contributed by atoms with Crippen molar-refractivity contribution >= 4 is 17.9 Å². The van der Waals surface area contributed by atoms with Gasteiger partial charge in [-0.3, -0.25) is 4.79 Å². The van der Waals surface area contributed by atoms with E-state index in [1.165, 1.54) is 16.7 Å². The average molecular weight is 498 g/mol. The molecule has 1 aliphatic heterocycles. The Bertz CT molecular complexity index is 965. The second kappa shape index (κ2) is 15.5. The fraction of sp³-hybridized carbons (Fsp3) is 0.393. The van der Waals surface area contributed by atoms with Crippen LogP contribution in [0.15, 0.2) is 66.7 Å². The van der Waals surface area contributed by atoms with Crippen LogP contribution in [0.25, 0.3) is 0 Å². The number of likely N-dealkylation sites (tertiary alicyclic amines) is 1. The highest BCUT2D eigenvalue weighted by molar-refractivity contribution is 5.89. The molecule has 0 spiro atoms. The number of carboxylic acids is 3. The van der Waals surface area contributed by atoms with Crippen LogP contribution in [0.1, 0.15) is 54.9 Å². The first-order chi connectivity index (χ1) is 17.2. The van der Waals surface area contributed by atoms with Crippen molar-refractivity contribution in [2.75, 3.05) is 19.6 Å². The van der Waals surface area contributed by atoms with Crippen LogP contribution in [0.4, 0.5) is 0 Å². The standard InChI is InChI=1S/C24H31NO3.C4H4O4/c1-19-10-12-21(13-11-19)24(20-7-3-2-4-8-20)28-22-14-17-25(18-15-22)16-6-5-9-23(26)27;5-3(6)1-2-4(7)8/h2-4,7-8,10-13,22,24H,5-6,9,14-18H2,1H3,(H,26,27);1-2H,(H,5,6)(H,7,8). The Morgan fingerprint density at radius 3 is 1.97 bits per heavy atom. The minimum absolute atomic E-state index is 0.0334. The van der Waals surface area contributed by atoms with Crippen molar-refractivity contribution in [3.63, 3.8) is 0 Å². The van der Waals surface area contributed by atoms with Gasteiger partial charge in [0.25, 0.3) is 0 Å². The van der Waals surface area contributed by atoms with Gasteiger partial charge in [0.15, 0.2) is 0 Å². The summed E-state index contributed by atoms with van der Waals surface area (Å²) in [6, 6.07) is 19.1. The van der Waals surface area contributed by atoms with Crippen LogP contribution in [0, 0.1) is 6.92 Å². The maximum absolute atomic E-state index is 10.6. The molecular weight excluding hydrogens is 462 g/mol. The fourth-order valence-corrected chi connectivity index (χ4v) is 3.93. The van der Waals surface area contributed by atoms with Gasteiger partial charge in [-0.25, -0.2) is 9.59 Å². The second-order valence-corrected chi connectivity index (χ2v) is 8.74. The van der Waals surface area contributed by atoms with E-state index < -0.39 is 17.9 Å². The summed E-state index contributed by atoms with van der Waals surface area (Å²) in [5.74, 6) is -3.21. The minimum Gasteiger partial charge on any atom is -0.481 e. The average Bonchev–Trinajstić information content (AvgIpc) is 2.86. The molecule has 2 aromatic rings. The van der Waals surface area contributed by atoms with Gasteiger partial charge in [0.2, 0.25) is 0 Å². The zero-order chi connectivity index (χ0) is 26.3. The maximum atomic E-state index is 10.6. The van der Waals surface area contributed by atoms with E-state index >= 15 is 0 Å². The second-order valence-electron chi connectivity index (χ2n) is 8.74. The van der Waals surface area contributed by atoms with Crippen LogP contribution in [-0.4, -0.2) is 63.9 Å². The number of rotatable bonds is 11. The van der Waals surface area contributed by atoms with Crippen LogP contribution < -0.4 is 0 Å². The molecule has 8 heteroatoms. The Hall–Kier alpha value is -3.49. The number of nitrogens with zero attached hydrogens (tertiary/aromatic N) is 1. The summed E-state index contributed by atoms with van der Waals surface area (Å²) >= 11 is 0. The zero-order valence-corrected chi connectivity index (χ0v) is 20.6. The van der Waals surface area contributed by atoms with E-state index in [-0.39, 0.29) is 18.6 Å². The zero-order valence-electron chi connectivity index (χ0n) is 20.6. The van der Waals surface area contributed by atoms with E-state index in [0.29, 0.717) is 12.2 Å². The Balaban J connectivity index is 0.000000493. The smallest absolute Gasteiger partial charge is 0.328 e. The molecule has 8 nitrogen and oxygen atoms in total. The molecule has 3 rings (SSSR count). The van der Waals surface area contributed by atoms with Crippen molar-refractivity contribution in [2.24, 2.45) is 0 Å². The molecule has 0 aromatic heterocycles. The summed E-state index contributed by atoms with van der Waals surface area (Å²) in [4.78, 5) is 32.2. The molecule has 2 aromatic carbocycles. The molecule has 0 aliphatic carbocycles. The fourth-order valence-electron chi connectivity index (χ4n) is 3.93. The number of carbonyl (C=O) groups is 3. The molecule has 1 saturated heterocycles. The van der Waals surface area contributed by atoms with E-state index in [1.54, 1.807) is 0 Å². The summed E-state index contributed by atoms with van der Waals surface area (Å²) < 4.78 is 6.60. The number of ether oxygens (including phenoxy) is 1. The third-order valence-electron chi connectivity index (χ3n) is 5.83. The SMILES string of the molecule is Cc1ccc(C(OC2CCN(CCCCC(=O)O)CC2)c2ccccc2)cc1.O=C(O)C=CC(=O)O. The Morgan fingerprint density at radius 2 is 1.44 bits per heavy atom. The van der Waals surface area contributed by atoms with E-state index in [0.717, 1.165) is 45.3 Å². The normalized spacial score (nSPS) is 15.1. The van der Waals surface area contributed by atoms with Crippen molar-refractivity contribution in [1.82, 2.24) is 4.90 Å². The molecule has 0 radical (unpaired) electrons. The molecule has 194 valence electrons. The lowest BCUT2D eigenvalue weighted by Gasteiger charge is -2.34. The Morgan fingerprint density at radius 1 is 0.889 bits per heavy atom. The van der Waals surface area contributed by atoms with Gasteiger partial charge < -0.3 is 25.0 Å². The summed E-state index contributed by atoms with van der Waals surface area (Å²) in [5, 5.41) is 24.4. The van der Waals surface area contributed by atoms with Gasteiger partial charge in [-0.05, 0) is 50.3 Å². The van der Waals surface area contributed by atoms with Crippen LogP contribution in [0.3, 0.4) is 0 Å². The van der Waals surface area contributed by atoms with Gasteiger partial charge in [-0.1, -0.05) is 60.2 Å². The number of benzene rings is 2. The summed E-state index contributed by atoms with van der Waals surface area (Å²) in [7, 11) is 0. The lowest BCUT2D eigenvalue weighted by atomic mass is 9.99. The molecule has 3 N–H and O–H groups in total. The number of hydrogen-bond donors (Lipinski definition) is 3. The van der Waals surface area contributed by atoms with Crippen molar-refractivity contribution in [3.05, 3.63) is 83.4 Å². The molecule has 1 heterocycles. The summed E-state index contributed by atoms with van der Waals surface area (Å²) in [5.41, 5.74) is 3.65. The quantitative estimate of drug-likeness (QED) is 0.305. The van der Waals surface area contributed by atoms with Gasteiger partial charge in [0, 0.05) is 31.7 Å². The van der Waals surface area contributed by atoms with E-state index in [2.05, 4.69) is 60.4 Å². The number of carboxylic acid groups (broad SMARTS) is 3. The largest absolute Gasteiger partial charge is 0.481 e. The first-order valence-electron chi connectivity index (χ1n) is 12.1. The number of unbranched alkanes of at least 4 members (excludes halogenated alkanes) is 1. The van der Waals surface area contributed by atoms with E-state index in [1.807, 2.05) is 6.07 Å². The van der Waals surface area contributed by atoms with Crippen molar-refractivity contribution in [2.45, 2.75) is 51.2 Å². The third kappa shape index (κ3) is 11.3. The van der Waals surface area contributed by atoms with Gasteiger partial charge in [-0.2, -0.15) is 0 Å². The number of aryl methyl sites for hydroxylation is 1. The molecule has 36 heavy (non-hydrogen) atoms. The first-order valence-corrected chi connectivity index (χ1v) is 12.1. The number of piperidine rings is 1. The van der Waals surface area contributed by atoms with Gasteiger partial charge in [-0.15, -0.1) is 0 Å². The Kier molecular flexibility index (Phi) is 12.4. The lowest BCUT2D eigenvalue weighted by Crippen LogP contribution is -2.38. The monoisotopic (exact) mass is 497 g/mol. The van der Waals surface area contributed by atoms with E-state index in [9.17, 15) is 14.4 Å². The summed E-state index contributed by atoms with van der Waals surface area (Å²) in [6.45, 7) is 5.13. The van der Waals surface area contributed by atoms with Crippen molar-refractivity contribution in [3.8, 4) is 0 Å². The lowest BCUT2D eigenvalue weighted by molar-refractivity contribution is -0.137. The van der Waals surface area contributed by atoms with Gasteiger partial charge in [0.1, 0.15) is 6.10 Å². The van der Waals surface area contributed by atoms with Crippen LogP contribution in [-0.2, 0) is 19.1 Å². The number of hydrogen-bond acceptors (Lipinski definition) is 5. The molecule has 1 fully saturated rings. The minimum atomic E-state index is -1.26. The Labute approximate surface area is 211 Å². The predicted molar refractivity (Wildman–Crippen MR) is 136 cm³/mol. The van der Waals surface area contributed by atoms with Gasteiger partial charge in [0.05, 0.1) is 6.10 Å². The van der Waals surface area contributed by atoms with Crippen LogP contribution in [0.5, 0.6) is 0 Å². The van der Waals surface area contributed by atoms with Crippen molar-refractivity contribution in [1.29, 1.82) is 0 Å². The highest BCUT2D eigenvalue weighted by Gasteiger charge is 2.24. The maximum Gasteiger partial charge on any atom is 0.328 e. The molecule has 0 bridgehead atoms. The highest BCUT2D eigenvalue weighted by atomic mass is 16.5. The molecule has 0 amide bonds. The molecule has 0 saturated carbocycles. The van der Waals surface area contributed by atoms with Gasteiger partial charge >= 0.3 is 17.9 Å². The highest BCUT2D eigenvalue weighted by Crippen LogP contribution is 2.30. The van der Waals surface area contributed by atoms with Crippen LogP contribution >= 0.6 is 0 Å². The van der Waals surface area contributed by atoms with E-state index in [4.69, 9.17) is 20.1 Å². The number of aliphatic carboxylic acids is 3. The molecular formula is C28H35NO7. The van der Waals surface area contributed by atoms with Crippen LogP contribution in [0.2, 0.25) is 0 Å². The molecule has 1 aliphatic rings. The molecule has 1 unspecified atom stereocenters. The molecule has 1 atom stereocenters. The first kappa shape index (κ1) is 28.7. The third-order valence-corrected chi connectivity index (χ3v) is 5.83. The predicted octanol–water partition coefficient (Wildman–Crippen LogP) is 4.53. The topological polar surface area (TPSA) is 124 Å². The van der Waals surface area contributed by atoms with Crippen molar-refractivity contribution < 1.29 is 34.4 Å².